The van der Waals surface area contributed by atoms with Gasteiger partial charge in [-0.05, 0) is 35.9 Å². The first-order chi connectivity index (χ1) is 11.7. The number of rotatable bonds is 6. The molecule has 2 rings (SSSR count). The molecule has 2 aromatic rings. The number of pyridine rings is 1. The van der Waals surface area contributed by atoms with E-state index in [1.807, 2.05) is 6.07 Å². The summed E-state index contributed by atoms with van der Waals surface area (Å²) < 4.78 is 10.4. The monoisotopic (exact) mass is 323 g/mol. The summed E-state index contributed by atoms with van der Waals surface area (Å²) in [5.74, 6) is 0.695. The van der Waals surface area contributed by atoms with Crippen molar-refractivity contribution in [3.05, 3.63) is 59.4 Å². The highest BCUT2D eigenvalue weighted by Gasteiger charge is 2.11. The van der Waals surface area contributed by atoms with Crippen LogP contribution >= 0.6 is 0 Å². The highest BCUT2D eigenvalue weighted by Crippen LogP contribution is 2.26. The third kappa shape index (κ3) is 4.34. The van der Waals surface area contributed by atoms with E-state index in [1.165, 1.54) is 13.2 Å². The average molecular weight is 323 g/mol. The normalized spacial score (nSPS) is 10.6. The van der Waals surface area contributed by atoms with Crippen LogP contribution in [0, 0.1) is 11.3 Å². The molecule has 0 bridgehead atoms. The standard InChI is InChI=1S/C18H17N3O3/c1-23-16-4-3-14(17(10-16)24-2)9-15(11-19)18(22)21-12-13-5-7-20-8-6-13/h3-10H,12H2,1-2H3,(H,21,22)/b15-9+. The Morgan fingerprint density at radius 2 is 2.00 bits per heavy atom. The lowest BCUT2D eigenvalue weighted by Gasteiger charge is -2.08. The van der Waals surface area contributed by atoms with Crippen LogP contribution in [-0.2, 0) is 11.3 Å². The van der Waals surface area contributed by atoms with Gasteiger partial charge in [-0.1, -0.05) is 0 Å². The number of nitriles is 1. The summed E-state index contributed by atoms with van der Waals surface area (Å²) in [6.07, 6.45) is 4.77. The first-order valence-corrected chi connectivity index (χ1v) is 7.19. The number of hydrogen-bond donors (Lipinski definition) is 1. The number of carbonyl (C=O) groups is 1. The molecule has 0 spiro atoms. The molecule has 24 heavy (non-hydrogen) atoms. The molecule has 1 aromatic carbocycles. The lowest BCUT2D eigenvalue weighted by atomic mass is 10.1. The van der Waals surface area contributed by atoms with Gasteiger partial charge in [0.25, 0.3) is 5.91 Å². The van der Waals surface area contributed by atoms with Gasteiger partial charge < -0.3 is 14.8 Å². The van der Waals surface area contributed by atoms with Crippen molar-refractivity contribution >= 4 is 12.0 Å². The zero-order valence-electron chi connectivity index (χ0n) is 13.4. The molecule has 0 aliphatic heterocycles. The first kappa shape index (κ1) is 17.0. The molecule has 0 saturated heterocycles. The van der Waals surface area contributed by atoms with Crippen LogP contribution in [0.3, 0.4) is 0 Å². The molecule has 0 saturated carbocycles. The highest BCUT2D eigenvalue weighted by atomic mass is 16.5. The second-order valence-corrected chi connectivity index (χ2v) is 4.82. The summed E-state index contributed by atoms with van der Waals surface area (Å²) in [7, 11) is 3.07. The molecular formula is C18H17N3O3. The van der Waals surface area contributed by atoms with E-state index in [2.05, 4.69) is 10.3 Å². The molecule has 1 heterocycles. The van der Waals surface area contributed by atoms with Crippen molar-refractivity contribution in [2.45, 2.75) is 6.54 Å². The van der Waals surface area contributed by atoms with Gasteiger partial charge in [0.2, 0.25) is 0 Å². The molecule has 6 heteroatoms. The van der Waals surface area contributed by atoms with E-state index in [-0.39, 0.29) is 5.57 Å². The highest BCUT2D eigenvalue weighted by molar-refractivity contribution is 6.01. The fraction of sp³-hybridized carbons (Fsp3) is 0.167. The first-order valence-electron chi connectivity index (χ1n) is 7.19. The van der Waals surface area contributed by atoms with Gasteiger partial charge in [-0.25, -0.2) is 0 Å². The number of carbonyl (C=O) groups excluding carboxylic acids is 1. The van der Waals surface area contributed by atoms with Crippen LogP contribution < -0.4 is 14.8 Å². The summed E-state index contributed by atoms with van der Waals surface area (Å²) >= 11 is 0. The molecule has 1 amide bonds. The van der Waals surface area contributed by atoms with Crippen LogP contribution in [0.1, 0.15) is 11.1 Å². The Morgan fingerprint density at radius 1 is 1.25 bits per heavy atom. The number of nitrogens with zero attached hydrogens (tertiary/aromatic N) is 2. The predicted octanol–water partition coefficient (Wildman–Crippen LogP) is 2.32. The van der Waals surface area contributed by atoms with Gasteiger partial charge in [-0.15, -0.1) is 0 Å². The Kier molecular flexibility index (Phi) is 5.92. The maximum absolute atomic E-state index is 12.2. The Balaban J connectivity index is 2.16. The molecule has 6 nitrogen and oxygen atoms in total. The van der Waals surface area contributed by atoms with Crippen molar-refractivity contribution in [2.75, 3.05) is 14.2 Å². The second-order valence-electron chi connectivity index (χ2n) is 4.82. The summed E-state index contributed by atoms with van der Waals surface area (Å²) in [4.78, 5) is 16.1. The van der Waals surface area contributed by atoms with E-state index in [1.54, 1.807) is 49.8 Å². The van der Waals surface area contributed by atoms with Crippen LogP contribution in [-0.4, -0.2) is 25.1 Å². The summed E-state index contributed by atoms with van der Waals surface area (Å²) in [5, 5.41) is 12.0. The molecule has 0 aliphatic rings. The smallest absolute Gasteiger partial charge is 0.262 e. The van der Waals surface area contributed by atoms with Crippen LogP contribution in [0.25, 0.3) is 6.08 Å². The van der Waals surface area contributed by atoms with Gasteiger partial charge in [0.15, 0.2) is 0 Å². The topological polar surface area (TPSA) is 84.2 Å². The van der Waals surface area contributed by atoms with Crippen molar-refractivity contribution in [1.29, 1.82) is 5.26 Å². The predicted molar refractivity (Wildman–Crippen MR) is 89.2 cm³/mol. The zero-order valence-corrected chi connectivity index (χ0v) is 13.4. The van der Waals surface area contributed by atoms with Crippen molar-refractivity contribution in [2.24, 2.45) is 0 Å². The minimum atomic E-state index is -0.452. The molecular weight excluding hydrogens is 306 g/mol. The fourth-order valence-corrected chi connectivity index (χ4v) is 2.02. The van der Waals surface area contributed by atoms with Gasteiger partial charge in [0.1, 0.15) is 23.1 Å². The number of methoxy groups -OCH3 is 2. The number of amides is 1. The maximum Gasteiger partial charge on any atom is 0.262 e. The number of aromatic nitrogens is 1. The third-order valence-electron chi connectivity index (χ3n) is 3.31. The molecule has 1 N–H and O–H groups in total. The SMILES string of the molecule is COc1ccc(/C=C(\C#N)C(=O)NCc2ccncc2)c(OC)c1. The van der Waals surface area contributed by atoms with E-state index in [0.29, 0.717) is 23.6 Å². The van der Waals surface area contributed by atoms with Gasteiger partial charge in [-0.2, -0.15) is 5.26 Å². The number of ether oxygens (including phenoxy) is 2. The largest absolute Gasteiger partial charge is 0.497 e. The maximum atomic E-state index is 12.2. The number of nitrogens with one attached hydrogen (secondary N) is 1. The molecule has 0 radical (unpaired) electrons. The third-order valence-corrected chi connectivity index (χ3v) is 3.31. The van der Waals surface area contributed by atoms with Gasteiger partial charge in [-0.3, -0.25) is 9.78 Å². The molecule has 0 fully saturated rings. The number of hydrogen-bond acceptors (Lipinski definition) is 5. The molecule has 0 unspecified atom stereocenters. The lowest BCUT2D eigenvalue weighted by molar-refractivity contribution is -0.117. The minimum absolute atomic E-state index is 0.00692. The van der Waals surface area contributed by atoms with Gasteiger partial charge in [0, 0.05) is 30.6 Å². The second kappa shape index (κ2) is 8.34. The molecule has 1 aromatic heterocycles. The Hall–Kier alpha value is -3.33. The van der Waals surface area contributed by atoms with E-state index < -0.39 is 5.91 Å². The van der Waals surface area contributed by atoms with Crippen LogP contribution in [0.15, 0.2) is 48.3 Å². The van der Waals surface area contributed by atoms with Crippen molar-refractivity contribution in [3.8, 4) is 17.6 Å². The molecule has 0 aliphatic carbocycles. The van der Waals surface area contributed by atoms with Crippen LogP contribution in [0.4, 0.5) is 0 Å². The quantitative estimate of drug-likeness (QED) is 0.651. The van der Waals surface area contributed by atoms with E-state index in [9.17, 15) is 10.1 Å². The summed E-state index contributed by atoms with van der Waals surface area (Å²) in [5.41, 5.74) is 1.51. The Labute approximate surface area is 140 Å². The summed E-state index contributed by atoms with van der Waals surface area (Å²) in [6.45, 7) is 0.320. The van der Waals surface area contributed by atoms with Crippen molar-refractivity contribution in [3.63, 3.8) is 0 Å². The van der Waals surface area contributed by atoms with Crippen LogP contribution in [0.5, 0.6) is 11.5 Å². The number of benzene rings is 1. The Morgan fingerprint density at radius 3 is 2.62 bits per heavy atom. The van der Waals surface area contributed by atoms with Gasteiger partial charge in [0.05, 0.1) is 14.2 Å². The van der Waals surface area contributed by atoms with E-state index in [0.717, 1.165) is 5.56 Å². The van der Waals surface area contributed by atoms with Crippen molar-refractivity contribution < 1.29 is 14.3 Å². The fourth-order valence-electron chi connectivity index (χ4n) is 2.02. The van der Waals surface area contributed by atoms with Crippen molar-refractivity contribution in [1.82, 2.24) is 10.3 Å². The molecule has 122 valence electrons. The minimum Gasteiger partial charge on any atom is -0.497 e. The van der Waals surface area contributed by atoms with Crippen LogP contribution in [0.2, 0.25) is 0 Å². The van der Waals surface area contributed by atoms with E-state index >= 15 is 0 Å². The Bertz CT molecular complexity index is 780. The molecule has 0 atom stereocenters. The van der Waals surface area contributed by atoms with Gasteiger partial charge >= 0.3 is 0 Å². The average Bonchev–Trinajstić information content (AvgIpc) is 2.64. The lowest BCUT2D eigenvalue weighted by Crippen LogP contribution is -2.23. The van der Waals surface area contributed by atoms with E-state index in [4.69, 9.17) is 9.47 Å². The zero-order chi connectivity index (χ0) is 17.4. The summed E-state index contributed by atoms with van der Waals surface area (Å²) in [6, 6.07) is 10.7.